The second-order valence-corrected chi connectivity index (χ2v) is 5.48. The third-order valence-corrected chi connectivity index (χ3v) is 3.60. The molecule has 0 saturated heterocycles. The highest BCUT2D eigenvalue weighted by molar-refractivity contribution is 7.98. The molecule has 1 aromatic carbocycles. The number of nitrogens with two attached hydrogens (primary N) is 1. The van der Waals surface area contributed by atoms with Crippen LogP contribution in [0, 0.1) is 0 Å². The monoisotopic (exact) mass is 278 g/mol. The smallest absolute Gasteiger partial charge is 0.322 e. The van der Waals surface area contributed by atoms with Crippen molar-refractivity contribution in [1.29, 1.82) is 0 Å². The van der Waals surface area contributed by atoms with Crippen LogP contribution in [0.15, 0.2) is 35.4 Å². The molecule has 0 aliphatic heterocycles. The summed E-state index contributed by atoms with van der Waals surface area (Å²) in [6.07, 6.45) is 2.09. The van der Waals surface area contributed by atoms with Gasteiger partial charge in [0.15, 0.2) is 0 Å². The van der Waals surface area contributed by atoms with Crippen LogP contribution in [0.3, 0.4) is 0 Å². The van der Waals surface area contributed by atoms with E-state index in [1.54, 1.807) is 0 Å². The highest BCUT2D eigenvalue weighted by Crippen LogP contribution is 2.22. The number of likely N-dealkylation sites (N-methyl/N-ethyl adjacent to an activating group) is 1. The standard InChI is InChI=1S/C13H18N4OS/c1-16(2)7-8-17-6-5-10-3-4-11(9-12(10)17)19-15-13(14)18/h3-6,9H,7-8H2,1-2H3,(H3,14,15,18). The number of nitrogens with zero attached hydrogens (tertiary/aromatic N) is 2. The quantitative estimate of drug-likeness (QED) is 0.821. The van der Waals surface area contributed by atoms with Crippen LogP contribution in [0.4, 0.5) is 4.79 Å². The second-order valence-electron chi connectivity index (χ2n) is 4.60. The highest BCUT2D eigenvalue weighted by atomic mass is 32.2. The number of primary amides is 1. The summed E-state index contributed by atoms with van der Waals surface area (Å²) in [7, 11) is 4.12. The van der Waals surface area contributed by atoms with Crippen LogP contribution in [-0.4, -0.2) is 36.1 Å². The number of amides is 2. The maximum atomic E-state index is 10.7. The minimum absolute atomic E-state index is 0.534. The number of carbonyl (C=O) groups is 1. The first-order chi connectivity index (χ1) is 9.06. The predicted molar refractivity (Wildman–Crippen MR) is 79.1 cm³/mol. The molecule has 0 unspecified atom stereocenters. The Hall–Kier alpha value is -1.66. The summed E-state index contributed by atoms with van der Waals surface area (Å²) in [5, 5.41) is 1.20. The average molecular weight is 278 g/mol. The van der Waals surface area contributed by atoms with Crippen LogP contribution in [0.5, 0.6) is 0 Å². The zero-order valence-corrected chi connectivity index (χ0v) is 11.9. The van der Waals surface area contributed by atoms with Gasteiger partial charge < -0.3 is 15.2 Å². The maximum Gasteiger partial charge on any atom is 0.322 e. The van der Waals surface area contributed by atoms with Crippen molar-refractivity contribution < 1.29 is 4.79 Å². The summed E-state index contributed by atoms with van der Waals surface area (Å²) in [5.74, 6) is 0. The van der Waals surface area contributed by atoms with Crippen LogP contribution in [0.2, 0.25) is 0 Å². The molecule has 0 atom stereocenters. The third kappa shape index (κ3) is 3.65. The number of nitrogens with one attached hydrogen (secondary N) is 1. The number of benzene rings is 1. The summed E-state index contributed by atoms with van der Waals surface area (Å²) < 4.78 is 4.74. The normalized spacial score (nSPS) is 11.1. The summed E-state index contributed by atoms with van der Waals surface area (Å²) in [4.78, 5) is 13.8. The Morgan fingerprint density at radius 1 is 1.42 bits per heavy atom. The molecule has 2 rings (SSSR count). The van der Waals surface area contributed by atoms with Crippen molar-refractivity contribution in [3.63, 3.8) is 0 Å². The fraction of sp³-hybridized carbons (Fsp3) is 0.308. The predicted octanol–water partition coefficient (Wildman–Crippen LogP) is 1.88. The lowest BCUT2D eigenvalue weighted by molar-refractivity contribution is 0.254. The van der Waals surface area contributed by atoms with E-state index in [-0.39, 0.29) is 0 Å². The lowest BCUT2D eigenvalue weighted by Gasteiger charge is -2.11. The minimum Gasteiger partial charge on any atom is -0.351 e. The lowest BCUT2D eigenvalue weighted by Crippen LogP contribution is -2.22. The molecule has 102 valence electrons. The summed E-state index contributed by atoms with van der Waals surface area (Å²) in [5.41, 5.74) is 6.23. The Morgan fingerprint density at radius 3 is 2.89 bits per heavy atom. The van der Waals surface area contributed by atoms with E-state index in [2.05, 4.69) is 46.6 Å². The molecule has 0 fully saturated rings. The van der Waals surface area contributed by atoms with E-state index in [0.29, 0.717) is 0 Å². The zero-order valence-electron chi connectivity index (χ0n) is 11.1. The summed E-state index contributed by atoms with van der Waals surface area (Å²) >= 11 is 1.23. The van der Waals surface area contributed by atoms with Crippen molar-refractivity contribution in [2.75, 3.05) is 20.6 Å². The molecule has 5 nitrogen and oxygen atoms in total. The van der Waals surface area contributed by atoms with E-state index in [1.165, 1.54) is 17.3 Å². The van der Waals surface area contributed by atoms with Gasteiger partial charge in [0.2, 0.25) is 0 Å². The summed E-state index contributed by atoms with van der Waals surface area (Å²) in [6, 6.07) is 7.64. The number of hydrogen-bond acceptors (Lipinski definition) is 3. The SMILES string of the molecule is CN(C)CCn1ccc2ccc(SNC(N)=O)cc21. The molecule has 0 bridgehead atoms. The molecule has 2 amide bonds. The number of aromatic nitrogens is 1. The van der Waals surface area contributed by atoms with Crippen molar-refractivity contribution in [2.24, 2.45) is 5.73 Å². The van der Waals surface area contributed by atoms with Gasteiger partial charge in [0.1, 0.15) is 0 Å². The number of hydrogen-bond donors (Lipinski definition) is 2. The van der Waals surface area contributed by atoms with Crippen molar-refractivity contribution in [3.8, 4) is 0 Å². The van der Waals surface area contributed by atoms with E-state index in [4.69, 9.17) is 5.73 Å². The fourth-order valence-corrected chi connectivity index (χ4v) is 2.36. The Kier molecular flexibility index (Phi) is 4.34. The molecular formula is C13H18N4OS. The maximum absolute atomic E-state index is 10.7. The molecule has 2 aromatic rings. The first-order valence-corrected chi connectivity index (χ1v) is 6.84. The molecule has 0 aliphatic rings. The number of fused-ring (bicyclic) bond motifs is 1. The molecule has 1 heterocycles. The average Bonchev–Trinajstić information content (AvgIpc) is 2.76. The first kappa shape index (κ1) is 13.8. The topological polar surface area (TPSA) is 63.3 Å². The van der Waals surface area contributed by atoms with Crippen LogP contribution in [-0.2, 0) is 6.54 Å². The van der Waals surface area contributed by atoms with Crippen LogP contribution in [0.25, 0.3) is 10.9 Å². The Labute approximate surface area is 116 Å². The van der Waals surface area contributed by atoms with Crippen molar-refractivity contribution >= 4 is 28.9 Å². The van der Waals surface area contributed by atoms with Crippen LogP contribution >= 0.6 is 11.9 Å². The molecule has 0 radical (unpaired) electrons. The van der Waals surface area contributed by atoms with E-state index in [1.807, 2.05) is 12.1 Å². The largest absolute Gasteiger partial charge is 0.351 e. The van der Waals surface area contributed by atoms with Crippen molar-refractivity contribution in [2.45, 2.75) is 11.4 Å². The van der Waals surface area contributed by atoms with Gasteiger partial charge in [-0.15, -0.1) is 0 Å². The van der Waals surface area contributed by atoms with E-state index in [0.717, 1.165) is 23.5 Å². The molecule has 0 saturated carbocycles. The van der Waals surface area contributed by atoms with Crippen LogP contribution in [0.1, 0.15) is 0 Å². The minimum atomic E-state index is -0.534. The molecule has 0 spiro atoms. The van der Waals surface area contributed by atoms with Crippen molar-refractivity contribution in [1.82, 2.24) is 14.2 Å². The highest BCUT2D eigenvalue weighted by Gasteiger charge is 2.04. The molecular weight excluding hydrogens is 260 g/mol. The molecule has 1 aromatic heterocycles. The van der Waals surface area contributed by atoms with Gasteiger partial charge >= 0.3 is 6.03 Å². The van der Waals surface area contributed by atoms with E-state index >= 15 is 0 Å². The number of rotatable bonds is 5. The second kappa shape index (κ2) is 5.99. The molecule has 3 N–H and O–H groups in total. The van der Waals surface area contributed by atoms with Gasteiger partial charge in [-0.05, 0) is 49.6 Å². The van der Waals surface area contributed by atoms with Gasteiger partial charge in [-0.2, -0.15) is 0 Å². The fourth-order valence-electron chi connectivity index (χ4n) is 1.84. The van der Waals surface area contributed by atoms with Crippen LogP contribution < -0.4 is 10.5 Å². The Balaban J connectivity index is 2.19. The molecule has 19 heavy (non-hydrogen) atoms. The Morgan fingerprint density at radius 2 is 2.21 bits per heavy atom. The first-order valence-electron chi connectivity index (χ1n) is 6.02. The lowest BCUT2D eigenvalue weighted by atomic mass is 10.2. The zero-order chi connectivity index (χ0) is 13.8. The van der Waals surface area contributed by atoms with E-state index in [9.17, 15) is 4.79 Å². The Bertz CT molecular complexity index is 579. The van der Waals surface area contributed by atoms with Gasteiger partial charge in [-0.25, -0.2) is 4.79 Å². The van der Waals surface area contributed by atoms with Gasteiger partial charge in [0.05, 0.1) is 0 Å². The number of urea groups is 1. The van der Waals surface area contributed by atoms with Gasteiger partial charge in [0, 0.05) is 29.7 Å². The molecule has 0 aliphatic carbocycles. The number of carbonyl (C=O) groups excluding carboxylic acids is 1. The van der Waals surface area contributed by atoms with Gasteiger partial charge in [-0.1, -0.05) is 6.07 Å². The van der Waals surface area contributed by atoms with Gasteiger partial charge in [-0.3, -0.25) is 4.72 Å². The van der Waals surface area contributed by atoms with Crippen molar-refractivity contribution in [3.05, 3.63) is 30.5 Å². The molecule has 6 heteroatoms. The van der Waals surface area contributed by atoms with E-state index < -0.39 is 6.03 Å². The van der Waals surface area contributed by atoms with Gasteiger partial charge in [0.25, 0.3) is 0 Å². The summed E-state index contributed by atoms with van der Waals surface area (Å²) in [6.45, 7) is 1.93. The third-order valence-electron chi connectivity index (χ3n) is 2.80.